The fraction of sp³-hybridized carbons (Fsp3) is 0. The molecule has 0 spiro atoms. The number of hydrogen-bond acceptors (Lipinski definition) is 1. The largest absolute Gasteiger partial charge is 0.456 e. The molecule has 0 saturated carbocycles. The minimum atomic E-state index is -2.65. The van der Waals surface area contributed by atoms with Gasteiger partial charge in [-0.3, -0.25) is 0 Å². The van der Waals surface area contributed by atoms with Crippen molar-refractivity contribution in [3.05, 3.63) is 188 Å². The Balaban J connectivity index is 1.39. The molecule has 0 radical (unpaired) electrons. The van der Waals surface area contributed by atoms with Crippen LogP contribution in [-0.2, 0) is 0 Å². The van der Waals surface area contributed by atoms with Gasteiger partial charge in [0.15, 0.2) is 8.07 Å². The minimum absolute atomic E-state index is 0.931. The Morgan fingerprint density at radius 2 is 0.733 bits per heavy atom. The van der Waals surface area contributed by atoms with Gasteiger partial charge in [0.05, 0.1) is 0 Å². The van der Waals surface area contributed by atoms with Gasteiger partial charge in [-0.15, -0.1) is 0 Å². The van der Waals surface area contributed by atoms with Gasteiger partial charge in [0, 0.05) is 10.8 Å². The van der Waals surface area contributed by atoms with Crippen molar-refractivity contribution in [3.8, 4) is 0 Å². The highest BCUT2D eigenvalue weighted by Crippen LogP contribution is 2.28. The van der Waals surface area contributed by atoms with Crippen LogP contribution in [0.25, 0.3) is 21.9 Å². The maximum atomic E-state index is 6.51. The summed E-state index contributed by atoms with van der Waals surface area (Å²) in [5.41, 5.74) is 1.87. The maximum absolute atomic E-state index is 6.51. The van der Waals surface area contributed by atoms with Crippen molar-refractivity contribution in [2.24, 2.45) is 0 Å². The van der Waals surface area contributed by atoms with Crippen LogP contribution in [0.4, 0.5) is 0 Å². The van der Waals surface area contributed by atoms with E-state index in [0.717, 1.165) is 11.2 Å². The molecule has 0 aliphatic carbocycles. The van der Waals surface area contributed by atoms with Crippen LogP contribution < -0.4 is 36.3 Å². The van der Waals surface area contributed by atoms with Crippen molar-refractivity contribution in [2.75, 3.05) is 0 Å². The molecule has 1 aromatic heterocycles. The Bertz CT molecular complexity index is 2060. The van der Waals surface area contributed by atoms with Crippen LogP contribution in [-0.4, -0.2) is 16.9 Å². The van der Waals surface area contributed by atoms with Crippen LogP contribution in [0, 0.1) is 0 Å². The lowest BCUT2D eigenvalue weighted by molar-refractivity contribution is 0.669. The van der Waals surface area contributed by atoms with Gasteiger partial charge in [-0.1, -0.05) is 191 Å². The van der Waals surface area contributed by atoms with Crippen molar-refractivity contribution in [2.45, 2.75) is 0 Å². The third-order valence-electron chi connectivity index (χ3n) is 9.15. The van der Waals surface area contributed by atoms with Crippen LogP contribution in [0.3, 0.4) is 0 Å². The molecule has 7 aromatic carbocycles. The van der Waals surface area contributed by atoms with Crippen LogP contribution in [0.1, 0.15) is 0 Å². The van der Waals surface area contributed by atoms with E-state index in [4.69, 9.17) is 4.42 Å². The minimum Gasteiger partial charge on any atom is -0.456 e. The van der Waals surface area contributed by atoms with Gasteiger partial charge in [0.1, 0.15) is 20.0 Å². The second-order valence-electron chi connectivity index (χ2n) is 11.7. The highest BCUT2D eigenvalue weighted by Gasteiger charge is 2.41. The monoisotopic (exact) mass is 608 g/mol. The van der Waals surface area contributed by atoms with Gasteiger partial charge in [-0.2, -0.15) is 0 Å². The van der Waals surface area contributed by atoms with E-state index in [9.17, 15) is 0 Å². The number of furan rings is 1. The highest BCUT2D eigenvalue weighted by atomic mass is 28.3. The topological polar surface area (TPSA) is 13.1 Å². The standard InChI is InChI=1S/C42H32OSi2/c1-6-16-32(17-7-1)44(33-18-8-2-9-19-33)34-26-28-41-39(30-34)40-31-38(27-29-42(40)43-41)45(35-20-10-3-11-21-35,36-22-12-4-13-23-36)37-24-14-5-15-25-37/h1-31,44H. The summed E-state index contributed by atoms with van der Waals surface area (Å²) < 4.78 is 6.51. The Morgan fingerprint density at radius 3 is 1.20 bits per heavy atom. The summed E-state index contributed by atoms with van der Waals surface area (Å²) in [5.74, 6) is 0. The number of benzene rings is 7. The zero-order chi connectivity index (χ0) is 30.1. The predicted molar refractivity (Wildman–Crippen MR) is 196 cm³/mol. The van der Waals surface area contributed by atoms with Crippen molar-refractivity contribution >= 4 is 75.1 Å². The summed E-state index contributed by atoms with van der Waals surface area (Å²) in [7, 11) is -4.35. The lowest BCUT2D eigenvalue weighted by atomic mass is 10.1. The van der Waals surface area contributed by atoms with Crippen molar-refractivity contribution in [3.63, 3.8) is 0 Å². The van der Waals surface area contributed by atoms with Gasteiger partial charge in [0.2, 0.25) is 0 Å². The summed E-state index contributed by atoms with van der Waals surface area (Å²) in [6, 6.07) is 69.2. The molecule has 1 heterocycles. The second kappa shape index (κ2) is 11.7. The number of rotatable bonds is 7. The quantitative estimate of drug-likeness (QED) is 0.179. The molecule has 0 unspecified atom stereocenters. The third-order valence-corrected chi connectivity index (χ3v) is 17.0. The maximum Gasteiger partial charge on any atom is 0.179 e. The van der Waals surface area contributed by atoms with E-state index in [1.165, 1.54) is 47.1 Å². The van der Waals surface area contributed by atoms with Crippen LogP contribution in [0.15, 0.2) is 192 Å². The van der Waals surface area contributed by atoms with E-state index in [2.05, 4.69) is 188 Å². The fourth-order valence-electron chi connectivity index (χ4n) is 7.14. The molecule has 1 nitrogen and oxygen atoms in total. The number of fused-ring (bicyclic) bond motifs is 3. The zero-order valence-electron chi connectivity index (χ0n) is 24.9. The fourth-order valence-corrected chi connectivity index (χ4v) is 14.9. The first-order valence-corrected chi connectivity index (χ1v) is 19.3. The Hall–Kier alpha value is -5.23. The van der Waals surface area contributed by atoms with Crippen molar-refractivity contribution in [1.29, 1.82) is 0 Å². The first-order valence-electron chi connectivity index (χ1n) is 15.6. The third kappa shape index (κ3) is 4.78. The second-order valence-corrected chi connectivity index (χ2v) is 18.3. The molecule has 0 saturated heterocycles. The molecule has 8 aromatic rings. The summed E-state index contributed by atoms with van der Waals surface area (Å²) in [4.78, 5) is 0. The van der Waals surface area contributed by atoms with Gasteiger partial charge in [-0.25, -0.2) is 0 Å². The van der Waals surface area contributed by atoms with Crippen LogP contribution in [0.5, 0.6) is 0 Å². The first-order chi connectivity index (χ1) is 22.3. The molecule has 0 fully saturated rings. The van der Waals surface area contributed by atoms with Gasteiger partial charge in [0.25, 0.3) is 0 Å². The van der Waals surface area contributed by atoms with E-state index in [1.807, 2.05) is 0 Å². The Labute approximate surface area is 266 Å². The van der Waals surface area contributed by atoms with Gasteiger partial charge < -0.3 is 4.42 Å². The van der Waals surface area contributed by atoms with Crippen LogP contribution >= 0.6 is 0 Å². The summed E-state index contributed by atoms with van der Waals surface area (Å²) >= 11 is 0. The van der Waals surface area contributed by atoms with E-state index >= 15 is 0 Å². The summed E-state index contributed by atoms with van der Waals surface area (Å²) in [6.45, 7) is 0. The van der Waals surface area contributed by atoms with E-state index < -0.39 is 16.9 Å². The molecule has 0 atom stereocenters. The lowest BCUT2D eigenvalue weighted by Crippen LogP contribution is -2.74. The lowest BCUT2D eigenvalue weighted by Gasteiger charge is -2.34. The SMILES string of the molecule is c1ccc([SiH](c2ccccc2)c2ccc3oc4ccc([Si](c5ccccc5)(c5ccccc5)c5ccccc5)cc4c3c2)cc1. The molecule has 0 amide bonds. The summed E-state index contributed by atoms with van der Waals surface area (Å²) in [6.07, 6.45) is 0. The molecular weight excluding hydrogens is 577 g/mol. The van der Waals surface area contributed by atoms with Crippen LogP contribution in [0.2, 0.25) is 0 Å². The molecule has 45 heavy (non-hydrogen) atoms. The van der Waals surface area contributed by atoms with E-state index in [-0.39, 0.29) is 0 Å². The summed E-state index contributed by atoms with van der Waals surface area (Å²) in [5, 5.41) is 12.1. The molecule has 0 aliphatic heterocycles. The van der Waals surface area contributed by atoms with Crippen molar-refractivity contribution in [1.82, 2.24) is 0 Å². The van der Waals surface area contributed by atoms with Gasteiger partial charge >= 0.3 is 0 Å². The van der Waals surface area contributed by atoms with Crippen molar-refractivity contribution < 1.29 is 4.42 Å². The molecule has 8 rings (SSSR count). The molecule has 214 valence electrons. The molecular formula is C42H32OSi2. The first kappa shape index (κ1) is 27.3. The number of hydrogen-bond donors (Lipinski definition) is 0. The van der Waals surface area contributed by atoms with E-state index in [1.54, 1.807) is 0 Å². The normalized spacial score (nSPS) is 11.8. The van der Waals surface area contributed by atoms with E-state index in [0.29, 0.717) is 0 Å². The molecule has 0 aliphatic rings. The molecule has 3 heteroatoms. The highest BCUT2D eigenvalue weighted by molar-refractivity contribution is 7.20. The molecule has 0 bridgehead atoms. The average Bonchev–Trinajstić information content (AvgIpc) is 3.49. The average molecular weight is 609 g/mol. The smallest absolute Gasteiger partial charge is 0.179 e. The Kier molecular flexibility index (Phi) is 7.10. The Morgan fingerprint density at radius 1 is 0.333 bits per heavy atom. The predicted octanol–water partition coefficient (Wildman–Crippen LogP) is 5.21. The van der Waals surface area contributed by atoms with Gasteiger partial charge in [-0.05, 0) is 32.9 Å². The zero-order valence-corrected chi connectivity index (χ0v) is 27.0. The molecule has 0 N–H and O–H groups in total.